The molecule has 0 spiro atoms. The SMILES string of the molecule is Cc1c(F)cc(CO)cc1S(=O)(=O)NC1CC1(C)C. The van der Waals surface area contributed by atoms with Crippen LogP contribution >= 0.6 is 0 Å². The van der Waals surface area contributed by atoms with Crippen molar-refractivity contribution in [2.24, 2.45) is 5.41 Å². The lowest BCUT2D eigenvalue weighted by Gasteiger charge is -2.12. The molecular weight excluding hydrogens is 269 g/mol. The van der Waals surface area contributed by atoms with Crippen LogP contribution in [0.5, 0.6) is 0 Å². The van der Waals surface area contributed by atoms with Gasteiger partial charge in [0, 0.05) is 11.6 Å². The quantitative estimate of drug-likeness (QED) is 0.886. The first kappa shape index (κ1) is 14.4. The van der Waals surface area contributed by atoms with Crippen molar-refractivity contribution in [1.82, 2.24) is 4.72 Å². The fourth-order valence-electron chi connectivity index (χ4n) is 2.00. The number of rotatable bonds is 4. The van der Waals surface area contributed by atoms with Crippen LogP contribution in [0.1, 0.15) is 31.4 Å². The van der Waals surface area contributed by atoms with Crippen LogP contribution in [0, 0.1) is 18.2 Å². The van der Waals surface area contributed by atoms with Gasteiger partial charge in [-0.3, -0.25) is 0 Å². The summed E-state index contributed by atoms with van der Waals surface area (Å²) < 4.78 is 40.7. The number of hydrogen-bond acceptors (Lipinski definition) is 3. The van der Waals surface area contributed by atoms with E-state index in [1.54, 1.807) is 0 Å². The van der Waals surface area contributed by atoms with Crippen LogP contribution in [-0.4, -0.2) is 19.6 Å². The first-order chi connectivity index (χ1) is 8.67. The van der Waals surface area contributed by atoms with E-state index in [2.05, 4.69) is 4.72 Å². The number of nitrogens with one attached hydrogen (secondary N) is 1. The van der Waals surface area contributed by atoms with Gasteiger partial charge in [0.2, 0.25) is 10.0 Å². The predicted octanol–water partition coefficient (Wildman–Crippen LogP) is 1.70. The predicted molar refractivity (Wildman–Crippen MR) is 69.6 cm³/mol. The van der Waals surface area contributed by atoms with Crippen molar-refractivity contribution in [3.63, 3.8) is 0 Å². The van der Waals surface area contributed by atoms with Gasteiger partial charge in [-0.05, 0) is 36.5 Å². The van der Waals surface area contributed by atoms with E-state index in [1.165, 1.54) is 13.0 Å². The molecule has 0 radical (unpaired) electrons. The molecule has 1 fully saturated rings. The topological polar surface area (TPSA) is 66.4 Å². The molecule has 0 amide bonds. The van der Waals surface area contributed by atoms with Crippen LogP contribution < -0.4 is 4.72 Å². The standard InChI is InChI=1S/C13H18FNO3S/c1-8-10(14)4-9(7-16)5-11(8)19(17,18)15-12-6-13(12,2)3/h4-5,12,15-16H,6-7H2,1-3H3. The number of aliphatic hydroxyl groups is 1. The zero-order chi connectivity index (χ0) is 14.4. The molecule has 1 saturated carbocycles. The number of hydrogen-bond donors (Lipinski definition) is 2. The van der Waals surface area contributed by atoms with Crippen LogP contribution in [0.25, 0.3) is 0 Å². The summed E-state index contributed by atoms with van der Waals surface area (Å²) in [5.74, 6) is -0.623. The second kappa shape index (κ2) is 4.54. The van der Waals surface area contributed by atoms with E-state index >= 15 is 0 Å². The molecule has 1 aliphatic rings. The van der Waals surface area contributed by atoms with Crippen LogP contribution in [-0.2, 0) is 16.6 Å². The maximum atomic E-state index is 13.7. The second-order valence-corrected chi connectivity index (χ2v) is 7.41. The van der Waals surface area contributed by atoms with E-state index < -0.39 is 22.4 Å². The Bertz CT molecular complexity index is 611. The van der Waals surface area contributed by atoms with E-state index in [0.717, 1.165) is 12.5 Å². The summed E-state index contributed by atoms with van der Waals surface area (Å²) in [5.41, 5.74) is 0.273. The minimum atomic E-state index is -3.75. The molecule has 1 aromatic carbocycles. The maximum absolute atomic E-state index is 13.7. The van der Waals surface area contributed by atoms with E-state index in [1.807, 2.05) is 13.8 Å². The van der Waals surface area contributed by atoms with Gasteiger partial charge in [0.1, 0.15) is 5.82 Å². The van der Waals surface area contributed by atoms with Crippen molar-refractivity contribution in [3.8, 4) is 0 Å². The van der Waals surface area contributed by atoms with Crippen molar-refractivity contribution in [1.29, 1.82) is 0 Å². The number of aliphatic hydroxyl groups excluding tert-OH is 1. The van der Waals surface area contributed by atoms with Gasteiger partial charge in [-0.2, -0.15) is 0 Å². The first-order valence-corrected chi connectivity index (χ1v) is 7.58. The Kier molecular flexibility index (Phi) is 3.45. The highest BCUT2D eigenvalue weighted by atomic mass is 32.2. The average Bonchev–Trinajstić information content (AvgIpc) is 2.88. The first-order valence-electron chi connectivity index (χ1n) is 6.09. The third kappa shape index (κ3) is 2.80. The fourth-order valence-corrected chi connectivity index (χ4v) is 3.71. The van der Waals surface area contributed by atoms with E-state index in [-0.39, 0.29) is 27.5 Å². The fraction of sp³-hybridized carbons (Fsp3) is 0.538. The monoisotopic (exact) mass is 287 g/mol. The van der Waals surface area contributed by atoms with E-state index in [9.17, 15) is 12.8 Å². The van der Waals surface area contributed by atoms with E-state index in [0.29, 0.717) is 0 Å². The molecule has 6 heteroatoms. The lowest BCUT2D eigenvalue weighted by atomic mass is 10.1. The molecule has 0 saturated heterocycles. The molecule has 106 valence electrons. The van der Waals surface area contributed by atoms with Gasteiger partial charge < -0.3 is 5.11 Å². The van der Waals surface area contributed by atoms with Crippen LogP contribution in [0.4, 0.5) is 4.39 Å². The Balaban J connectivity index is 2.37. The molecule has 2 N–H and O–H groups in total. The highest BCUT2D eigenvalue weighted by molar-refractivity contribution is 7.89. The summed E-state index contributed by atoms with van der Waals surface area (Å²) in [5, 5.41) is 9.04. The number of benzene rings is 1. The van der Waals surface area contributed by atoms with Gasteiger partial charge >= 0.3 is 0 Å². The van der Waals surface area contributed by atoms with Gasteiger partial charge in [-0.1, -0.05) is 13.8 Å². The molecule has 1 atom stereocenters. The summed E-state index contributed by atoms with van der Waals surface area (Å²) >= 11 is 0. The molecule has 1 aromatic rings. The minimum Gasteiger partial charge on any atom is -0.392 e. The molecule has 0 aliphatic heterocycles. The van der Waals surface area contributed by atoms with Crippen molar-refractivity contribution in [3.05, 3.63) is 29.1 Å². The smallest absolute Gasteiger partial charge is 0.241 e. The molecule has 0 aromatic heterocycles. The third-order valence-electron chi connectivity index (χ3n) is 3.64. The van der Waals surface area contributed by atoms with Crippen molar-refractivity contribution >= 4 is 10.0 Å². The van der Waals surface area contributed by atoms with Gasteiger partial charge in [-0.15, -0.1) is 0 Å². The maximum Gasteiger partial charge on any atom is 0.241 e. The summed E-state index contributed by atoms with van der Waals surface area (Å²) in [7, 11) is -3.75. The van der Waals surface area contributed by atoms with E-state index in [4.69, 9.17) is 5.11 Å². The molecule has 19 heavy (non-hydrogen) atoms. The Morgan fingerprint density at radius 2 is 2.05 bits per heavy atom. The van der Waals surface area contributed by atoms with Crippen molar-refractivity contribution in [2.45, 2.75) is 44.7 Å². The van der Waals surface area contributed by atoms with Crippen LogP contribution in [0.3, 0.4) is 0 Å². The molecule has 0 bridgehead atoms. The summed E-state index contributed by atoms with van der Waals surface area (Å²) in [6, 6.07) is 2.35. The summed E-state index contributed by atoms with van der Waals surface area (Å²) in [6.07, 6.45) is 0.771. The Labute approximate surface area is 112 Å². The highest BCUT2D eigenvalue weighted by Crippen LogP contribution is 2.45. The van der Waals surface area contributed by atoms with Gasteiger partial charge in [0.15, 0.2) is 0 Å². The molecule has 0 heterocycles. The normalized spacial score (nSPS) is 21.4. The lowest BCUT2D eigenvalue weighted by Crippen LogP contribution is -2.29. The Hall–Kier alpha value is -0.980. The van der Waals surface area contributed by atoms with Gasteiger partial charge in [-0.25, -0.2) is 17.5 Å². The van der Waals surface area contributed by atoms with Crippen LogP contribution in [0.2, 0.25) is 0 Å². The van der Waals surface area contributed by atoms with Crippen LogP contribution in [0.15, 0.2) is 17.0 Å². The van der Waals surface area contributed by atoms with Crippen molar-refractivity contribution in [2.75, 3.05) is 0 Å². The highest BCUT2D eigenvalue weighted by Gasteiger charge is 2.48. The molecular formula is C13H18FNO3S. The Morgan fingerprint density at radius 1 is 1.47 bits per heavy atom. The lowest BCUT2D eigenvalue weighted by molar-refractivity contribution is 0.281. The van der Waals surface area contributed by atoms with Crippen molar-refractivity contribution < 1.29 is 17.9 Å². The summed E-state index contributed by atoms with van der Waals surface area (Å²) in [4.78, 5) is -0.0979. The molecule has 2 rings (SSSR count). The zero-order valence-corrected chi connectivity index (χ0v) is 12.0. The largest absolute Gasteiger partial charge is 0.392 e. The summed E-state index contributed by atoms with van der Waals surface area (Å²) in [6.45, 7) is 4.97. The zero-order valence-electron chi connectivity index (χ0n) is 11.2. The number of halogens is 1. The third-order valence-corrected chi connectivity index (χ3v) is 5.24. The minimum absolute atomic E-state index is 0.0475. The molecule has 1 aliphatic carbocycles. The number of sulfonamides is 1. The second-order valence-electron chi connectivity index (χ2n) is 5.73. The average molecular weight is 287 g/mol. The molecule has 1 unspecified atom stereocenters. The van der Waals surface area contributed by atoms with Gasteiger partial charge in [0.05, 0.1) is 11.5 Å². The Morgan fingerprint density at radius 3 is 2.53 bits per heavy atom. The molecule has 4 nitrogen and oxygen atoms in total. The van der Waals surface area contributed by atoms with Gasteiger partial charge in [0.25, 0.3) is 0 Å².